The van der Waals surface area contributed by atoms with E-state index in [0.717, 1.165) is 34.1 Å². The number of aromatic nitrogens is 2. The number of halogens is 2. The van der Waals surface area contributed by atoms with Crippen LogP contribution in [0.5, 0.6) is 0 Å². The standard InChI is InChI=1S/C14H13BrClN3/c15-10-7-8(5-6-11(10)16)14-18-12-4-2-1-3-9(12)13(17)19-14/h5-7H,1-4H2,(H2,17,18,19). The van der Waals surface area contributed by atoms with Crippen LogP contribution in [0.25, 0.3) is 11.4 Å². The van der Waals surface area contributed by atoms with Crippen molar-refractivity contribution in [2.45, 2.75) is 25.7 Å². The van der Waals surface area contributed by atoms with Gasteiger partial charge < -0.3 is 5.73 Å². The van der Waals surface area contributed by atoms with Gasteiger partial charge in [-0.15, -0.1) is 0 Å². The number of nitrogen functional groups attached to an aromatic ring is 1. The molecule has 1 aromatic carbocycles. The fourth-order valence-electron chi connectivity index (χ4n) is 2.39. The third-order valence-corrected chi connectivity index (χ3v) is 4.61. The first-order valence-electron chi connectivity index (χ1n) is 6.26. The van der Waals surface area contributed by atoms with Crippen LogP contribution in [0.15, 0.2) is 22.7 Å². The van der Waals surface area contributed by atoms with Crippen LogP contribution in [0.1, 0.15) is 24.1 Å². The van der Waals surface area contributed by atoms with Crippen LogP contribution in [-0.4, -0.2) is 9.97 Å². The second kappa shape index (κ2) is 5.10. The highest BCUT2D eigenvalue weighted by Gasteiger charge is 2.17. The molecule has 0 radical (unpaired) electrons. The first-order chi connectivity index (χ1) is 9.15. The Bertz CT molecular complexity index is 643. The molecule has 1 aromatic heterocycles. The Labute approximate surface area is 125 Å². The molecule has 0 aliphatic heterocycles. The van der Waals surface area contributed by atoms with E-state index < -0.39 is 0 Å². The van der Waals surface area contributed by atoms with Gasteiger partial charge in [-0.05, 0) is 59.8 Å². The van der Waals surface area contributed by atoms with E-state index >= 15 is 0 Å². The molecule has 5 heteroatoms. The van der Waals surface area contributed by atoms with E-state index in [9.17, 15) is 0 Å². The number of hydrogen-bond donors (Lipinski definition) is 1. The van der Waals surface area contributed by atoms with E-state index in [0.29, 0.717) is 16.7 Å². The van der Waals surface area contributed by atoms with Crippen molar-refractivity contribution in [3.05, 3.63) is 39.0 Å². The number of hydrogen-bond acceptors (Lipinski definition) is 3. The molecular formula is C14H13BrClN3. The Hall–Kier alpha value is -1.13. The smallest absolute Gasteiger partial charge is 0.161 e. The zero-order valence-corrected chi connectivity index (χ0v) is 12.6. The van der Waals surface area contributed by atoms with E-state index in [1.54, 1.807) is 0 Å². The van der Waals surface area contributed by atoms with E-state index in [2.05, 4.69) is 25.9 Å². The fourth-order valence-corrected chi connectivity index (χ4v) is 2.88. The zero-order chi connectivity index (χ0) is 13.4. The fraction of sp³-hybridized carbons (Fsp3) is 0.286. The summed E-state index contributed by atoms with van der Waals surface area (Å²) in [4.78, 5) is 9.09. The lowest BCUT2D eigenvalue weighted by atomic mass is 9.96. The van der Waals surface area contributed by atoms with Crippen LogP contribution in [-0.2, 0) is 12.8 Å². The number of fused-ring (bicyclic) bond motifs is 1. The second-order valence-electron chi connectivity index (χ2n) is 4.69. The van der Waals surface area contributed by atoms with Crippen molar-refractivity contribution in [2.24, 2.45) is 0 Å². The van der Waals surface area contributed by atoms with Gasteiger partial charge in [-0.3, -0.25) is 0 Å². The largest absolute Gasteiger partial charge is 0.383 e. The van der Waals surface area contributed by atoms with Crippen LogP contribution < -0.4 is 5.73 Å². The summed E-state index contributed by atoms with van der Waals surface area (Å²) in [6, 6.07) is 5.67. The number of anilines is 1. The Morgan fingerprint density at radius 1 is 1.16 bits per heavy atom. The van der Waals surface area contributed by atoms with Crippen molar-refractivity contribution in [1.29, 1.82) is 0 Å². The molecule has 0 amide bonds. The molecule has 0 bridgehead atoms. The Balaban J connectivity index is 2.10. The Morgan fingerprint density at radius 2 is 1.95 bits per heavy atom. The minimum absolute atomic E-state index is 0.616. The molecule has 1 aliphatic carbocycles. The number of benzene rings is 1. The molecule has 0 saturated heterocycles. The molecule has 98 valence electrons. The molecular weight excluding hydrogens is 326 g/mol. The average Bonchev–Trinajstić information content (AvgIpc) is 2.42. The van der Waals surface area contributed by atoms with Gasteiger partial charge in [0, 0.05) is 21.3 Å². The van der Waals surface area contributed by atoms with Gasteiger partial charge in [0.2, 0.25) is 0 Å². The predicted molar refractivity (Wildman–Crippen MR) is 81.2 cm³/mol. The third-order valence-electron chi connectivity index (χ3n) is 3.39. The van der Waals surface area contributed by atoms with Crippen molar-refractivity contribution in [3.8, 4) is 11.4 Å². The summed E-state index contributed by atoms with van der Waals surface area (Å²) in [6.07, 6.45) is 4.33. The lowest BCUT2D eigenvalue weighted by Gasteiger charge is -2.17. The van der Waals surface area contributed by atoms with E-state index in [4.69, 9.17) is 17.3 Å². The molecule has 0 fully saturated rings. The normalized spacial score (nSPS) is 14.2. The lowest BCUT2D eigenvalue weighted by molar-refractivity contribution is 0.666. The third kappa shape index (κ3) is 2.47. The molecule has 3 rings (SSSR count). The number of aryl methyl sites for hydroxylation is 1. The maximum atomic E-state index is 6.06. The minimum atomic E-state index is 0.616. The van der Waals surface area contributed by atoms with Crippen molar-refractivity contribution in [1.82, 2.24) is 9.97 Å². The van der Waals surface area contributed by atoms with Gasteiger partial charge in [-0.1, -0.05) is 11.6 Å². The van der Waals surface area contributed by atoms with Gasteiger partial charge in [-0.25, -0.2) is 9.97 Å². The minimum Gasteiger partial charge on any atom is -0.383 e. The molecule has 1 heterocycles. The predicted octanol–water partition coefficient (Wildman–Crippen LogP) is 4.02. The van der Waals surface area contributed by atoms with Crippen molar-refractivity contribution < 1.29 is 0 Å². The lowest BCUT2D eigenvalue weighted by Crippen LogP contribution is -2.11. The highest BCUT2D eigenvalue weighted by atomic mass is 79.9. The number of rotatable bonds is 1. The topological polar surface area (TPSA) is 51.8 Å². The number of nitrogens with two attached hydrogens (primary N) is 1. The van der Waals surface area contributed by atoms with Crippen molar-refractivity contribution in [3.63, 3.8) is 0 Å². The van der Waals surface area contributed by atoms with Crippen molar-refractivity contribution in [2.75, 3.05) is 5.73 Å². The van der Waals surface area contributed by atoms with Crippen molar-refractivity contribution >= 4 is 33.3 Å². The molecule has 0 unspecified atom stereocenters. The van der Waals surface area contributed by atoms with Crippen LogP contribution in [0.2, 0.25) is 5.02 Å². The second-order valence-corrected chi connectivity index (χ2v) is 5.96. The Morgan fingerprint density at radius 3 is 2.74 bits per heavy atom. The average molecular weight is 339 g/mol. The first kappa shape index (κ1) is 12.9. The number of nitrogens with zero attached hydrogens (tertiary/aromatic N) is 2. The summed E-state index contributed by atoms with van der Waals surface area (Å²) < 4.78 is 0.839. The van der Waals surface area contributed by atoms with Crippen LogP contribution in [0.4, 0.5) is 5.82 Å². The van der Waals surface area contributed by atoms with E-state index in [1.165, 1.54) is 12.8 Å². The highest BCUT2D eigenvalue weighted by molar-refractivity contribution is 9.10. The molecule has 0 saturated carbocycles. The maximum absolute atomic E-state index is 6.06. The summed E-state index contributed by atoms with van der Waals surface area (Å²) in [5.74, 6) is 1.29. The summed E-state index contributed by atoms with van der Waals surface area (Å²) in [5, 5.41) is 0.676. The quantitative estimate of drug-likeness (QED) is 0.854. The summed E-state index contributed by atoms with van der Waals surface area (Å²) in [5.41, 5.74) is 9.21. The van der Waals surface area contributed by atoms with Gasteiger partial charge in [0.15, 0.2) is 5.82 Å². The SMILES string of the molecule is Nc1nc(-c2ccc(Cl)c(Br)c2)nc2c1CCCC2. The molecule has 19 heavy (non-hydrogen) atoms. The van der Waals surface area contributed by atoms with Crippen LogP contribution in [0.3, 0.4) is 0 Å². The molecule has 3 nitrogen and oxygen atoms in total. The van der Waals surface area contributed by atoms with Crippen LogP contribution >= 0.6 is 27.5 Å². The van der Waals surface area contributed by atoms with Crippen LogP contribution in [0, 0.1) is 0 Å². The maximum Gasteiger partial charge on any atom is 0.161 e. The van der Waals surface area contributed by atoms with Gasteiger partial charge in [-0.2, -0.15) is 0 Å². The van der Waals surface area contributed by atoms with E-state index in [1.807, 2.05) is 18.2 Å². The monoisotopic (exact) mass is 337 g/mol. The summed E-state index contributed by atoms with van der Waals surface area (Å²) in [6.45, 7) is 0. The molecule has 1 aliphatic rings. The van der Waals surface area contributed by atoms with Gasteiger partial charge in [0.1, 0.15) is 5.82 Å². The van der Waals surface area contributed by atoms with E-state index in [-0.39, 0.29) is 0 Å². The first-order valence-corrected chi connectivity index (χ1v) is 7.43. The van der Waals surface area contributed by atoms with Gasteiger partial charge in [0.05, 0.1) is 5.02 Å². The van der Waals surface area contributed by atoms with Gasteiger partial charge in [0.25, 0.3) is 0 Å². The molecule has 0 atom stereocenters. The highest BCUT2D eigenvalue weighted by Crippen LogP contribution is 2.30. The summed E-state index contributed by atoms with van der Waals surface area (Å²) >= 11 is 9.42. The summed E-state index contributed by atoms with van der Waals surface area (Å²) in [7, 11) is 0. The Kier molecular flexibility index (Phi) is 3.46. The molecule has 2 aromatic rings. The zero-order valence-electron chi connectivity index (χ0n) is 10.3. The van der Waals surface area contributed by atoms with Gasteiger partial charge >= 0.3 is 0 Å². The molecule has 2 N–H and O–H groups in total. The molecule has 0 spiro atoms.